The maximum absolute atomic E-state index is 13.3. The number of hydrogen-bond donors (Lipinski definition) is 2. The Bertz CT molecular complexity index is 731. The number of hydrogen-bond acceptors (Lipinski definition) is 2. The van der Waals surface area contributed by atoms with E-state index in [0.29, 0.717) is 10.6 Å². The van der Waals surface area contributed by atoms with Crippen LogP contribution in [0.25, 0.3) is 0 Å². The lowest BCUT2D eigenvalue weighted by Crippen LogP contribution is -2.13. The fourth-order valence-electron chi connectivity index (χ4n) is 1.70. The average Bonchev–Trinajstić information content (AvgIpc) is 2.43. The standard InChI is InChI=1S/C15H11ClFNO3/c1-8-2-3-9(6-12(8)16)14(19)18-10-4-5-13(17)11(7-10)15(20)21/h2-7H,1H3,(H,18,19)(H,20,21). The molecule has 0 radical (unpaired) electrons. The molecule has 2 aromatic rings. The molecule has 0 heterocycles. The number of carbonyl (C=O) groups is 2. The van der Waals surface area contributed by atoms with Crippen molar-refractivity contribution >= 4 is 29.2 Å². The third kappa shape index (κ3) is 3.38. The first kappa shape index (κ1) is 15.0. The summed E-state index contributed by atoms with van der Waals surface area (Å²) in [5, 5.41) is 11.8. The molecule has 4 nitrogen and oxygen atoms in total. The maximum atomic E-state index is 13.3. The number of rotatable bonds is 3. The molecule has 0 fully saturated rings. The fraction of sp³-hybridized carbons (Fsp3) is 0.0667. The van der Waals surface area contributed by atoms with Crippen LogP contribution < -0.4 is 5.32 Å². The molecule has 0 bridgehead atoms. The van der Waals surface area contributed by atoms with Crippen LogP contribution in [-0.4, -0.2) is 17.0 Å². The largest absolute Gasteiger partial charge is 0.478 e. The number of nitrogens with one attached hydrogen (secondary N) is 1. The Morgan fingerprint density at radius 2 is 1.90 bits per heavy atom. The highest BCUT2D eigenvalue weighted by Gasteiger charge is 2.13. The van der Waals surface area contributed by atoms with Gasteiger partial charge in [-0.25, -0.2) is 9.18 Å². The molecular formula is C15H11ClFNO3. The van der Waals surface area contributed by atoms with E-state index in [-0.39, 0.29) is 5.69 Å². The summed E-state index contributed by atoms with van der Waals surface area (Å²) in [6.07, 6.45) is 0. The Labute approximate surface area is 125 Å². The normalized spacial score (nSPS) is 10.2. The minimum Gasteiger partial charge on any atom is -0.478 e. The van der Waals surface area contributed by atoms with Gasteiger partial charge < -0.3 is 10.4 Å². The van der Waals surface area contributed by atoms with Crippen molar-refractivity contribution in [2.75, 3.05) is 5.32 Å². The Kier molecular flexibility index (Phi) is 4.23. The number of halogens is 2. The molecule has 0 aliphatic heterocycles. The molecule has 0 saturated heterocycles. The van der Waals surface area contributed by atoms with Crippen LogP contribution in [0, 0.1) is 12.7 Å². The molecule has 6 heteroatoms. The zero-order valence-corrected chi connectivity index (χ0v) is 11.7. The highest BCUT2D eigenvalue weighted by molar-refractivity contribution is 6.31. The van der Waals surface area contributed by atoms with Crippen LogP contribution in [0.5, 0.6) is 0 Å². The van der Waals surface area contributed by atoms with E-state index in [1.54, 1.807) is 12.1 Å². The van der Waals surface area contributed by atoms with E-state index in [9.17, 15) is 14.0 Å². The van der Waals surface area contributed by atoms with Crippen molar-refractivity contribution in [3.8, 4) is 0 Å². The van der Waals surface area contributed by atoms with Gasteiger partial charge in [-0.3, -0.25) is 4.79 Å². The molecule has 0 aliphatic rings. The van der Waals surface area contributed by atoms with Crippen molar-refractivity contribution in [1.29, 1.82) is 0 Å². The molecule has 0 aliphatic carbocycles. The van der Waals surface area contributed by atoms with Gasteiger partial charge in [-0.1, -0.05) is 17.7 Å². The van der Waals surface area contributed by atoms with E-state index in [0.717, 1.165) is 17.7 Å². The number of amides is 1. The van der Waals surface area contributed by atoms with Gasteiger partial charge in [0.05, 0.1) is 5.56 Å². The van der Waals surface area contributed by atoms with Gasteiger partial charge in [-0.2, -0.15) is 0 Å². The molecule has 1 amide bonds. The number of anilines is 1. The quantitative estimate of drug-likeness (QED) is 0.907. The van der Waals surface area contributed by atoms with Gasteiger partial charge in [0, 0.05) is 16.3 Å². The lowest BCUT2D eigenvalue weighted by atomic mass is 10.1. The van der Waals surface area contributed by atoms with Crippen LogP contribution in [0.1, 0.15) is 26.3 Å². The van der Waals surface area contributed by atoms with Crippen molar-refractivity contribution in [3.05, 3.63) is 63.9 Å². The number of carboxylic acids is 1. The first-order valence-corrected chi connectivity index (χ1v) is 6.36. The number of aromatic carboxylic acids is 1. The number of benzene rings is 2. The van der Waals surface area contributed by atoms with E-state index >= 15 is 0 Å². The Morgan fingerprint density at radius 1 is 1.19 bits per heavy atom. The lowest BCUT2D eigenvalue weighted by molar-refractivity contribution is 0.0691. The summed E-state index contributed by atoms with van der Waals surface area (Å²) >= 11 is 5.94. The Hall–Kier alpha value is -2.40. The highest BCUT2D eigenvalue weighted by atomic mass is 35.5. The van der Waals surface area contributed by atoms with Crippen LogP contribution in [0.2, 0.25) is 5.02 Å². The second-order valence-corrected chi connectivity index (χ2v) is 4.83. The summed E-state index contributed by atoms with van der Waals surface area (Å²) < 4.78 is 13.3. The number of carbonyl (C=O) groups excluding carboxylic acids is 1. The zero-order chi connectivity index (χ0) is 15.6. The second-order valence-electron chi connectivity index (χ2n) is 4.42. The Balaban J connectivity index is 2.25. The van der Waals surface area contributed by atoms with Crippen LogP contribution in [-0.2, 0) is 0 Å². The van der Waals surface area contributed by atoms with E-state index in [2.05, 4.69) is 5.32 Å². The van der Waals surface area contributed by atoms with Gasteiger partial charge in [-0.05, 0) is 42.8 Å². The van der Waals surface area contributed by atoms with Gasteiger partial charge in [0.1, 0.15) is 5.82 Å². The minimum absolute atomic E-state index is 0.190. The number of aryl methyl sites for hydroxylation is 1. The first-order valence-electron chi connectivity index (χ1n) is 5.99. The van der Waals surface area contributed by atoms with E-state index < -0.39 is 23.3 Å². The monoisotopic (exact) mass is 307 g/mol. The molecule has 2 N–H and O–H groups in total. The van der Waals surface area contributed by atoms with E-state index in [1.165, 1.54) is 12.1 Å². The van der Waals surface area contributed by atoms with Gasteiger partial charge in [0.2, 0.25) is 0 Å². The second kappa shape index (κ2) is 5.93. The molecule has 21 heavy (non-hydrogen) atoms. The summed E-state index contributed by atoms with van der Waals surface area (Å²) in [6, 6.07) is 8.14. The molecule has 0 atom stereocenters. The smallest absolute Gasteiger partial charge is 0.338 e. The first-order chi connectivity index (χ1) is 9.88. The summed E-state index contributed by atoms with van der Waals surface area (Å²) in [5.41, 5.74) is 0.847. The van der Waals surface area contributed by atoms with Gasteiger partial charge in [-0.15, -0.1) is 0 Å². The van der Waals surface area contributed by atoms with Crippen LogP contribution in [0.3, 0.4) is 0 Å². The summed E-state index contributed by atoms with van der Waals surface area (Å²) in [5.74, 6) is -2.72. The molecule has 2 rings (SSSR count). The Morgan fingerprint density at radius 3 is 2.52 bits per heavy atom. The predicted molar refractivity (Wildman–Crippen MR) is 77.5 cm³/mol. The van der Waals surface area contributed by atoms with Crippen molar-refractivity contribution in [3.63, 3.8) is 0 Å². The third-order valence-electron chi connectivity index (χ3n) is 2.89. The SMILES string of the molecule is Cc1ccc(C(=O)Nc2ccc(F)c(C(=O)O)c2)cc1Cl. The fourth-order valence-corrected chi connectivity index (χ4v) is 1.88. The van der Waals surface area contributed by atoms with Crippen molar-refractivity contribution < 1.29 is 19.1 Å². The van der Waals surface area contributed by atoms with Crippen LogP contribution in [0.15, 0.2) is 36.4 Å². The molecule has 108 valence electrons. The molecular weight excluding hydrogens is 297 g/mol. The van der Waals surface area contributed by atoms with Crippen molar-refractivity contribution in [2.24, 2.45) is 0 Å². The zero-order valence-electron chi connectivity index (χ0n) is 11.0. The molecule has 0 unspecified atom stereocenters. The van der Waals surface area contributed by atoms with Crippen molar-refractivity contribution in [1.82, 2.24) is 0 Å². The van der Waals surface area contributed by atoms with Crippen LogP contribution >= 0.6 is 11.6 Å². The van der Waals surface area contributed by atoms with Crippen LogP contribution in [0.4, 0.5) is 10.1 Å². The summed E-state index contributed by atoms with van der Waals surface area (Å²) in [4.78, 5) is 22.9. The van der Waals surface area contributed by atoms with E-state index in [1.807, 2.05) is 6.92 Å². The average molecular weight is 308 g/mol. The van der Waals surface area contributed by atoms with Gasteiger partial charge in [0.25, 0.3) is 5.91 Å². The predicted octanol–water partition coefficient (Wildman–Crippen LogP) is 3.74. The van der Waals surface area contributed by atoms with Gasteiger partial charge in [0.15, 0.2) is 0 Å². The molecule has 0 aromatic heterocycles. The maximum Gasteiger partial charge on any atom is 0.338 e. The minimum atomic E-state index is -1.40. The summed E-state index contributed by atoms with van der Waals surface area (Å²) in [6.45, 7) is 1.81. The highest BCUT2D eigenvalue weighted by Crippen LogP contribution is 2.19. The number of carboxylic acid groups (broad SMARTS) is 1. The molecule has 0 saturated carbocycles. The summed E-state index contributed by atoms with van der Waals surface area (Å²) in [7, 11) is 0. The molecule has 0 spiro atoms. The third-order valence-corrected chi connectivity index (χ3v) is 3.30. The molecule has 2 aromatic carbocycles. The lowest BCUT2D eigenvalue weighted by Gasteiger charge is -2.08. The van der Waals surface area contributed by atoms with Crippen molar-refractivity contribution in [2.45, 2.75) is 6.92 Å². The van der Waals surface area contributed by atoms with Gasteiger partial charge >= 0.3 is 5.97 Å². The topological polar surface area (TPSA) is 66.4 Å². The van der Waals surface area contributed by atoms with E-state index in [4.69, 9.17) is 16.7 Å².